The Morgan fingerprint density at radius 2 is 1.81 bits per heavy atom. The molecule has 4 nitrogen and oxygen atoms in total. The molecule has 0 aliphatic rings. The van der Waals surface area contributed by atoms with Crippen LogP contribution in [0.4, 0.5) is 4.39 Å². The molecule has 5 rings (SSSR count). The van der Waals surface area contributed by atoms with Gasteiger partial charge in [-0.15, -0.1) is 0 Å². The first-order valence-corrected chi connectivity index (χ1v) is 11.0. The second-order valence-corrected chi connectivity index (χ2v) is 9.25. The summed E-state index contributed by atoms with van der Waals surface area (Å²) in [5, 5.41) is 0.0780. The molecule has 2 aromatic carbocycles. The first-order chi connectivity index (χ1) is 14.7. The Labute approximate surface area is 186 Å². The van der Waals surface area contributed by atoms with E-state index in [9.17, 15) is 9.18 Å². The molecule has 0 aliphatic heterocycles. The predicted molar refractivity (Wildman–Crippen MR) is 125 cm³/mol. The minimum atomic E-state index is -0.449. The minimum Gasteiger partial charge on any atom is -0.318 e. The van der Waals surface area contributed by atoms with Crippen LogP contribution in [-0.4, -0.2) is 14.0 Å². The number of hydrogen-bond donors (Lipinski definition) is 0. The SMILES string of the molecule is Cc1cc2nc3s/c(=C\c4cc(C)n(-c5ccc(F)c(Cl)c5)c4C)c(=O)n3c2cc1C. The number of rotatable bonds is 2. The maximum absolute atomic E-state index is 13.6. The molecule has 7 heteroatoms. The van der Waals surface area contributed by atoms with Crippen LogP contribution in [0.15, 0.2) is 41.2 Å². The van der Waals surface area contributed by atoms with Gasteiger partial charge in [0.2, 0.25) is 0 Å². The molecule has 0 unspecified atom stereocenters. The quantitative estimate of drug-likeness (QED) is 0.366. The number of fused-ring (bicyclic) bond motifs is 3. The third-order valence-electron chi connectivity index (χ3n) is 5.77. The van der Waals surface area contributed by atoms with E-state index in [0.29, 0.717) is 9.49 Å². The molecule has 0 radical (unpaired) electrons. The van der Waals surface area contributed by atoms with Crippen LogP contribution >= 0.6 is 22.9 Å². The average molecular weight is 452 g/mol. The Bertz CT molecular complexity index is 1630. The Kier molecular flexibility index (Phi) is 4.53. The lowest BCUT2D eigenvalue weighted by molar-refractivity contribution is 0.627. The molecule has 0 atom stereocenters. The minimum absolute atomic E-state index is 0.0691. The zero-order chi connectivity index (χ0) is 22.0. The van der Waals surface area contributed by atoms with Crippen molar-refractivity contribution >= 4 is 45.0 Å². The maximum Gasteiger partial charge on any atom is 0.274 e. The van der Waals surface area contributed by atoms with Crippen molar-refractivity contribution in [2.75, 3.05) is 0 Å². The van der Waals surface area contributed by atoms with Crippen molar-refractivity contribution in [3.63, 3.8) is 0 Å². The molecular formula is C24H19ClFN3OS. The summed E-state index contributed by atoms with van der Waals surface area (Å²) in [6.45, 7) is 8.03. The summed E-state index contributed by atoms with van der Waals surface area (Å²) in [7, 11) is 0. The van der Waals surface area contributed by atoms with E-state index in [1.807, 2.05) is 56.5 Å². The summed E-state index contributed by atoms with van der Waals surface area (Å²) in [4.78, 5) is 18.5. The van der Waals surface area contributed by atoms with Crippen LogP contribution in [0.5, 0.6) is 0 Å². The Morgan fingerprint density at radius 3 is 2.55 bits per heavy atom. The molecular weight excluding hydrogens is 433 g/mol. The molecule has 5 aromatic rings. The smallest absolute Gasteiger partial charge is 0.274 e. The number of aromatic nitrogens is 3. The molecule has 0 saturated carbocycles. The van der Waals surface area contributed by atoms with E-state index in [0.717, 1.165) is 44.8 Å². The van der Waals surface area contributed by atoms with Crippen LogP contribution < -0.4 is 10.1 Å². The summed E-state index contributed by atoms with van der Waals surface area (Å²) in [5.41, 5.74) is 7.52. The van der Waals surface area contributed by atoms with Crippen molar-refractivity contribution in [3.8, 4) is 5.69 Å². The van der Waals surface area contributed by atoms with E-state index in [2.05, 4.69) is 4.98 Å². The van der Waals surface area contributed by atoms with Gasteiger partial charge in [0.15, 0.2) is 4.96 Å². The summed E-state index contributed by atoms with van der Waals surface area (Å²) >= 11 is 7.37. The molecule has 0 spiro atoms. The predicted octanol–water partition coefficient (Wildman–Crippen LogP) is 5.27. The highest BCUT2D eigenvalue weighted by molar-refractivity contribution is 7.15. The zero-order valence-electron chi connectivity index (χ0n) is 17.5. The molecule has 0 amide bonds. The first kappa shape index (κ1) is 20.0. The number of halogens is 2. The van der Waals surface area contributed by atoms with Gasteiger partial charge in [0.05, 0.1) is 20.6 Å². The summed E-state index contributed by atoms with van der Waals surface area (Å²) in [6.07, 6.45) is 1.90. The second-order valence-electron chi connectivity index (χ2n) is 7.83. The molecule has 0 bridgehead atoms. The lowest BCUT2D eigenvalue weighted by atomic mass is 10.1. The second kappa shape index (κ2) is 7.04. The molecule has 31 heavy (non-hydrogen) atoms. The number of aryl methyl sites for hydroxylation is 3. The van der Waals surface area contributed by atoms with Crippen molar-refractivity contribution < 1.29 is 4.39 Å². The Morgan fingerprint density at radius 1 is 1.06 bits per heavy atom. The fourth-order valence-corrected chi connectivity index (χ4v) is 5.17. The van der Waals surface area contributed by atoms with Gasteiger partial charge < -0.3 is 4.57 Å². The Balaban J connectivity index is 1.69. The van der Waals surface area contributed by atoms with Crippen molar-refractivity contribution in [2.24, 2.45) is 0 Å². The number of benzene rings is 2. The van der Waals surface area contributed by atoms with Crippen molar-refractivity contribution in [3.05, 3.63) is 90.2 Å². The first-order valence-electron chi connectivity index (χ1n) is 9.83. The fraction of sp³-hybridized carbons (Fsp3) is 0.167. The van der Waals surface area contributed by atoms with Gasteiger partial charge in [0.1, 0.15) is 5.82 Å². The third-order valence-corrected chi connectivity index (χ3v) is 7.03. The van der Waals surface area contributed by atoms with Crippen LogP contribution in [0, 0.1) is 33.5 Å². The van der Waals surface area contributed by atoms with Gasteiger partial charge in [-0.1, -0.05) is 22.9 Å². The van der Waals surface area contributed by atoms with E-state index in [1.54, 1.807) is 16.5 Å². The molecule has 3 heterocycles. The zero-order valence-corrected chi connectivity index (χ0v) is 19.0. The summed E-state index contributed by atoms with van der Waals surface area (Å²) in [6, 6.07) is 10.7. The van der Waals surface area contributed by atoms with Crippen LogP contribution in [0.3, 0.4) is 0 Å². The van der Waals surface area contributed by atoms with E-state index in [4.69, 9.17) is 11.6 Å². The molecule has 156 valence electrons. The molecule has 0 fully saturated rings. The normalized spacial score (nSPS) is 12.5. The van der Waals surface area contributed by atoms with Gasteiger partial charge in [-0.05, 0) is 86.9 Å². The van der Waals surface area contributed by atoms with Crippen LogP contribution in [0.2, 0.25) is 5.02 Å². The van der Waals surface area contributed by atoms with E-state index < -0.39 is 5.82 Å². The van der Waals surface area contributed by atoms with Gasteiger partial charge >= 0.3 is 0 Å². The van der Waals surface area contributed by atoms with E-state index in [1.165, 1.54) is 17.4 Å². The maximum atomic E-state index is 13.6. The largest absolute Gasteiger partial charge is 0.318 e. The molecule has 0 saturated heterocycles. The molecule has 3 aromatic heterocycles. The van der Waals surface area contributed by atoms with Gasteiger partial charge in [-0.25, -0.2) is 13.8 Å². The van der Waals surface area contributed by atoms with Gasteiger partial charge in [-0.2, -0.15) is 0 Å². The lowest BCUT2D eigenvalue weighted by Gasteiger charge is -2.10. The van der Waals surface area contributed by atoms with Crippen molar-refractivity contribution in [1.82, 2.24) is 14.0 Å². The highest BCUT2D eigenvalue weighted by Crippen LogP contribution is 2.25. The highest BCUT2D eigenvalue weighted by Gasteiger charge is 2.15. The molecule has 0 aliphatic carbocycles. The van der Waals surface area contributed by atoms with Crippen molar-refractivity contribution in [1.29, 1.82) is 0 Å². The summed E-state index contributed by atoms with van der Waals surface area (Å²) < 4.78 is 17.9. The third kappa shape index (κ3) is 3.09. The highest BCUT2D eigenvalue weighted by atomic mass is 35.5. The average Bonchev–Trinajstić information content (AvgIpc) is 3.30. The number of nitrogens with zero attached hydrogens (tertiary/aromatic N) is 3. The number of thiazole rings is 1. The molecule has 0 N–H and O–H groups in total. The van der Waals surface area contributed by atoms with Crippen molar-refractivity contribution in [2.45, 2.75) is 27.7 Å². The van der Waals surface area contributed by atoms with Crippen LogP contribution in [0.25, 0.3) is 27.8 Å². The topological polar surface area (TPSA) is 39.3 Å². The number of imidazole rings is 1. The number of hydrogen-bond acceptors (Lipinski definition) is 3. The Hall–Kier alpha value is -2.96. The fourth-order valence-electron chi connectivity index (χ4n) is 4.01. The summed E-state index contributed by atoms with van der Waals surface area (Å²) in [5.74, 6) is -0.449. The van der Waals surface area contributed by atoms with Gasteiger partial charge in [0.25, 0.3) is 5.56 Å². The monoisotopic (exact) mass is 451 g/mol. The lowest BCUT2D eigenvalue weighted by Crippen LogP contribution is -2.22. The standard InChI is InChI=1S/C24H19ClFN3OS/c1-12-7-20-21(8-13(12)2)29-23(30)22(31-24(29)27-20)10-16-9-14(3)28(15(16)4)17-5-6-19(26)18(25)11-17/h5-11H,1-4H3/b22-10-. The van der Waals surface area contributed by atoms with Gasteiger partial charge in [-0.3, -0.25) is 4.79 Å². The van der Waals surface area contributed by atoms with Gasteiger partial charge in [0, 0.05) is 17.1 Å². The van der Waals surface area contributed by atoms with Crippen LogP contribution in [0.1, 0.15) is 28.1 Å². The van der Waals surface area contributed by atoms with E-state index >= 15 is 0 Å². The van der Waals surface area contributed by atoms with E-state index in [-0.39, 0.29) is 10.6 Å². The van der Waals surface area contributed by atoms with Crippen LogP contribution in [-0.2, 0) is 0 Å².